The molecule has 0 amide bonds. The molecule has 1 heterocycles. The van der Waals surface area contributed by atoms with E-state index in [4.69, 9.17) is 0 Å². The van der Waals surface area contributed by atoms with E-state index in [1.807, 2.05) is 31.2 Å². The Bertz CT molecular complexity index is 1200. The molecular weight excluding hydrogens is 463 g/mol. The number of fused-ring (bicyclic) bond motifs is 1. The van der Waals surface area contributed by atoms with Gasteiger partial charge in [-0.25, -0.2) is 8.42 Å². The summed E-state index contributed by atoms with van der Waals surface area (Å²) >= 11 is 1.34. The number of hydrogen-bond donors (Lipinski definition) is 0. The van der Waals surface area contributed by atoms with Crippen molar-refractivity contribution < 1.29 is 31.1 Å². The summed E-state index contributed by atoms with van der Waals surface area (Å²) in [4.78, 5) is 11.3. The van der Waals surface area contributed by atoms with Crippen LogP contribution in [0.15, 0.2) is 48.5 Å². The maximum atomic E-state index is 13.2. The molecular formula is C22H22F3NO4S2. The minimum absolute atomic E-state index is 0.0532. The molecule has 0 N–H and O–H groups in total. The highest BCUT2D eigenvalue weighted by molar-refractivity contribution is 7.93. The molecule has 0 fully saturated rings. The average molecular weight is 486 g/mol. The number of sulfonamides is 1. The van der Waals surface area contributed by atoms with Gasteiger partial charge in [0.25, 0.3) is 0 Å². The van der Waals surface area contributed by atoms with Crippen LogP contribution in [0.2, 0.25) is 0 Å². The van der Waals surface area contributed by atoms with E-state index in [9.17, 15) is 26.4 Å². The standard InChI is InChI=1S/C22H22F3NO4S2/c1-15(27)6-5-13-32(28,29)26(21-16(2)19-7-3-4-8-20(19)31-21)14-17-9-11-18(12-10-17)30-22(23,24)25/h3-4,7-12H,5-6,13-14H2,1-2H3. The molecule has 5 nitrogen and oxygen atoms in total. The molecule has 3 rings (SSSR count). The van der Waals surface area contributed by atoms with Crippen molar-refractivity contribution in [2.75, 3.05) is 10.1 Å². The first-order chi connectivity index (χ1) is 15.0. The second-order valence-electron chi connectivity index (χ2n) is 7.35. The van der Waals surface area contributed by atoms with Gasteiger partial charge in [0.2, 0.25) is 10.0 Å². The zero-order chi connectivity index (χ0) is 23.5. The van der Waals surface area contributed by atoms with Gasteiger partial charge in [-0.2, -0.15) is 0 Å². The number of Topliss-reactive ketones (excluding diaryl/α,β-unsaturated/α-hetero) is 1. The van der Waals surface area contributed by atoms with Gasteiger partial charge in [0.15, 0.2) is 0 Å². The fraction of sp³-hybridized carbons (Fsp3) is 0.318. The van der Waals surface area contributed by atoms with Crippen LogP contribution < -0.4 is 9.04 Å². The number of rotatable bonds is 9. The van der Waals surface area contributed by atoms with Crippen molar-refractivity contribution in [3.63, 3.8) is 0 Å². The van der Waals surface area contributed by atoms with E-state index in [-0.39, 0.29) is 36.7 Å². The van der Waals surface area contributed by atoms with Crippen LogP contribution in [0.4, 0.5) is 18.2 Å². The number of nitrogens with zero attached hydrogens (tertiary/aromatic N) is 1. The van der Waals surface area contributed by atoms with Crippen LogP contribution in [0.5, 0.6) is 5.75 Å². The molecule has 0 aliphatic rings. The Morgan fingerprint density at radius 1 is 1.09 bits per heavy atom. The van der Waals surface area contributed by atoms with Gasteiger partial charge >= 0.3 is 6.36 Å². The molecule has 0 saturated carbocycles. The summed E-state index contributed by atoms with van der Waals surface area (Å²) in [5, 5.41) is 1.48. The molecule has 0 aliphatic carbocycles. The highest BCUT2D eigenvalue weighted by Crippen LogP contribution is 2.39. The van der Waals surface area contributed by atoms with Crippen molar-refractivity contribution >= 4 is 42.2 Å². The van der Waals surface area contributed by atoms with Crippen LogP contribution in [-0.2, 0) is 21.4 Å². The van der Waals surface area contributed by atoms with Crippen molar-refractivity contribution in [2.45, 2.75) is 39.6 Å². The number of benzene rings is 2. The Balaban J connectivity index is 1.95. The lowest BCUT2D eigenvalue weighted by Crippen LogP contribution is -2.32. The minimum Gasteiger partial charge on any atom is -0.406 e. The van der Waals surface area contributed by atoms with Crippen LogP contribution in [-0.4, -0.2) is 26.3 Å². The van der Waals surface area contributed by atoms with E-state index in [1.165, 1.54) is 34.7 Å². The zero-order valence-corrected chi connectivity index (χ0v) is 19.1. The Kier molecular flexibility index (Phi) is 7.14. The van der Waals surface area contributed by atoms with Crippen LogP contribution in [0, 0.1) is 6.92 Å². The van der Waals surface area contributed by atoms with Gasteiger partial charge in [0.05, 0.1) is 12.3 Å². The van der Waals surface area contributed by atoms with Crippen LogP contribution in [0.25, 0.3) is 10.1 Å². The molecule has 0 atom stereocenters. The van der Waals surface area contributed by atoms with Gasteiger partial charge in [-0.05, 0) is 55.0 Å². The SMILES string of the molecule is CC(=O)CCCS(=O)(=O)N(Cc1ccc(OC(F)(F)F)cc1)c1sc2ccccc2c1C. The first kappa shape index (κ1) is 24.1. The molecule has 0 aliphatic heterocycles. The van der Waals surface area contributed by atoms with E-state index < -0.39 is 16.4 Å². The fourth-order valence-corrected chi connectivity index (χ4v) is 6.30. The first-order valence-electron chi connectivity index (χ1n) is 9.79. The molecule has 32 heavy (non-hydrogen) atoms. The molecule has 0 radical (unpaired) electrons. The lowest BCUT2D eigenvalue weighted by atomic mass is 10.2. The van der Waals surface area contributed by atoms with Gasteiger partial charge in [-0.3, -0.25) is 4.31 Å². The molecule has 0 bridgehead atoms. The van der Waals surface area contributed by atoms with Crippen molar-refractivity contribution in [3.8, 4) is 5.75 Å². The Hall–Kier alpha value is -2.59. The van der Waals surface area contributed by atoms with Crippen molar-refractivity contribution in [3.05, 3.63) is 59.7 Å². The molecule has 0 saturated heterocycles. The van der Waals surface area contributed by atoms with E-state index in [1.54, 1.807) is 0 Å². The maximum absolute atomic E-state index is 13.2. The molecule has 3 aromatic rings. The Labute approximate surface area is 188 Å². The third-order valence-electron chi connectivity index (χ3n) is 4.80. The molecule has 0 spiro atoms. The molecule has 10 heteroatoms. The lowest BCUT2D eigenvalue weighted by molar-refractivity contribution is -0.274. The summed E-state index contributed by atoms with van der Waals surface area (Å²) in [6, 6.07) is 12.7. The Morgan fingerprint density at radius 2 is 1.75 bits per heavy atom. The number of anilines is 1. The summed E-state index contributed by atoms with van der Waals surface area (Å²) in [5.41, 5.74) is 1.31. The first-order valence-corrected chi connectivity index (χ1v) is 12.2. The number of carbonyl (C=O) groups excluding carboxylic acids is 1. The van der Waals surface area contributed by atoms with Gasteiger partial charge in [-0.15, -0.1) is 24.5 Å². The van der Waals surface area contributed by atoms with Crippen molar-refractivity contribution in [2.24, 2.45) is 0 Å². The third-order valence-corrected chi connectivity index (χ3v) is 7.99. The number of hydrogen-bond acceptors (Lipinski definition) is 5. The number of halogens is 3. The van der Waals surface area contributed by atoms with Gasteiger partial charge in [-0.1, -0.05) is 30.3 Å². The van der Waals surface area contributed by atoms with Crippen molar-refractivity contribution in [1.82, 2.24) is 0 Å². The van der Waals surface area contributed by atoms with Crippen LogP contribution in [0.1, 0.15) is 30.9 Å². The maximum Gasteiger partial charge on any atom is 0.573 e. The topological polar surface area (TPSA) is 63.7 Å². The van der Waals surface area contributed by atoms with E-state index in [0.717, 1.165) is 27.8 Å². The van der Waals surface area contributed by atoms with Gasteiger partial charge in [0.1, 0.15) is 16.5 Å². The predicted molar refractivity (Wildman–Crippen MR) is 120 cm³/mol. The highest BCUT2D eigenvalue weighted by Gasteiger charge is 2.31. The smallest absolute Gasteiger partial charge is 0.406 e. The summed E-state index contributed by atoms with van der Waals surface area (Å²) in [5.74, 6) is -0.685. The number of ketones is 1. The summed E-state index contributed by atoms with van der Waals surface area (Å²) in [7, 11) is -3.80. The lowest BCUT2D eigenvalue weighted by Gasteiger charge is -2.24. The van der Waals surface area contributed by atoms with Crippen LogP contribution in [0.3, 0.4) is 0 Å². The molecule has 0 unspecified atom stereocenters. The largest absolute Gasteiger partial charge is 0.573 e. The fourth-order valence-electron chi connectivity index (χ4n) is 3.27. The number of carbonyl (C=O) groups is 1. The molecule has 2 aromatic carbocycles. The quantitative estimate of drug-likeness (QED) is 0.384. The summed E-state index contributed by atoms with van der Waals surface area (Å²) in [6.45, 7) is 3.19. The van der Waals surface area contributed by atoms with Gasteiger partial charge < -0.3 is 9.53 Å². The number of aryl methyl sites for hydroxylation is 1. The average Bonchev–Trinajstić information content (AvgIpc) is 3.02. The molecule has 1 aromatic heterocycles. The second-order valence-corrected chi connectivity index (χ2v) is 10.4. The van der Waals surface area contributed by atoms with E-state index in [0.29, 0.717) is 10.6 Å². The number of thiophene rings is 1. The summed E-state index contributed by atoms with van der Waals surface area (Å²) in [6.07, 6.45) is -4.46. The summed E-state index contributed by atoms with van der Waals surface area (Å²) < 4.78 is 69.9. The van der Waals surface area contributed by atoms with Gasteiger partial charge in [0, 0.05) is 11.1 Å². The Morgan fingerprint density at radius 3 is 2.34 bits per heavy atom. The van der Waals surface area contributed by atoms with Crippen molar-refractivity contribution in [1.29, 1.82) is 0 Å². The highest BCUT2D eigenvalue weighted by atomic mass is 32.2. The number of alkyl halides is 3. The second kappa shape index (κ2) is 9.50. The van der Waals surface area contributed by atoms with E-state index in [2.05, 4.69) is 4.74 Å². The zero-order valence-electron chi connectivity index (χ0n) is 17.5. The molecule has 172 valence electrons. The predicted octanol–water partition coefficient (Wildman–Crippen LogP) is 5.81. The number of ether oxygens (including phenoxy) is 1. The monoisotopic (exact) mass is 485 g/mol. The minimum atomic E-state index is -4.80. The van der Waals surface area contributed by atoms with E-state index >= 15 is 0 Å². The third kappa shape index (κ3) is 6.01. The normalized spacial score (nSPS) is 12.2. The van der Waals surface area contributed by atoms with Crippen LogP contribution >= 0.6 is 11.3 Å².